The molecule has 10 nitrogen and oxygen atoms in total. The van der Waals surface area contributed by atoms with Gasteiger partial charge in [-0.25, -0.2) is 4.39 Å². The average molecular weight is 593 g/mol. The Morgan fingerprint density at radius 1 is 0.932 bits per heavy atom. The Hall–Kier alpha value is -5.13. The summed E-state index contributed by atoms with van der Waals surface area (Å²) >= 11 is 0. The number of hydrogen-bond acceptors (Lipinski definition) is 7. The number of H-pyrrole nitrogens is 2. The third kappa shape index (κ3) is 6.29. The minimum absolute atomic E-state index is 0.0910. The molecule has 0 saturated heterocycles. The van der Waals surface area contributed by atoms with Crippen molar-refractivity contribution in [1.82, 2.24) is 34.9 Å². The van der Waals surface area contributed by atoms with E-state index in [2.05, 4.69) is 30.5 Å². The molecular formula is C33H33FN8O2. The number of ether oxygens (including phenoxy) is 1. The smallest absolute Gasteiger partial charge is 0.238 e. The first kappa shape index (κ1) is 29.0. The molecule has 0 unspecified atom stereocenters. The minimum atomic E-state index is -0.380. The lowest BCUT2D eigenvalue weighted by molar-refractivity contribution is -0.116. The lowest BCUT2D eigenvalue weighted by Gasteiger charge is -2.12. The highest BCUT2D eigenvalue weighted by Crippen LogP contribution is 2.36. The second kappa shape index (κ2) is 12.2. The molecule has 0 aliphatic rings. The van der Waals surface area contributed by atoms with Crippen molar-refractivity contribution in [1.29, 1.82) is 0 Å². The average Bonchev–Trinajstić information content (AvgIpc) is 3.60. The van der Waals surface area contributed by atoms with Crippen LogP contribution in [0.25, 0.3) is 55.6 Å². The summed E-state index contributed by atoms with van der Waals surface area (Å²) in [4.78, 5) is 28.6. The van der Waals surface area contributed by atoms with Crippen molar-refractivity contribution in [2.24, 2.45) is 0 Å². The first-order valence-corrected chi connectivity index (χ1v) is 14.2. The normalized spacial score (nSPS) is 11.6. The number of likely N-dealkylation sites (N-methyl/N-ethyl adjacent to an activating group) is 2. The van der Waals surface area contributed by atoms with E-state index in [0.29, 0.717) is 35.8 Å². The quantitative estimate of drug-likeness (QED) is 0.195. The van der Waals surface area contributed by atoms with Crippen LogP contribution in [0, 0.1) is 5.82 Å². The molecular weight excluding hydrogens is 559 g/mol. The number of carbonyl (C=O) groups is 1. The molecule has 1 amide bonds. The van der Waals surface area contributed by atoms with E-state index in [-0.39, 0.29) is 11.7 Å². The van der Waals surface area contributed by atoms with Crippen molar-refractivity contribution >= 4 is 33.4 Å². The predicted molar refractivity (Wildman–Crippen MR) is 171 cm³/mol. The van der Waals surface area contributed by atoms with E-state index < -0.39 is 0 Å². The lowest BCUT2D eigenvalue weighted by atomic mass is 10.0. The van der Waals surface area contributed by atoms with Gasteiger partial charge in [0.15, 0.2) is 0 Å². The number of fused-ring (bicyclic) bond motifs is 2. The molecule has 0 atom stereocenters. The number of nitrogens with zero attached hydrogens (tertiary/aromatic N) is 5. The minimum Gasteiger partial charge on any atom is -0.492 e. The van der Waals surface area contributed by atoms with Crippen molar-refractivity contribution in [2.75, 3.05) is 53.2 Å². The van der Waals surface area contributed by atoms with Gasteiger partial charge in [0.2, 0.25) is 5.91 Å². The van der Waals surface area contributed by atoms with Gasteiger partial charge in [-0.15, -0.1) is 0 Å². The standard InChI is InChI=1S/C33H33FN8O2/c1-41(2)8-9-44-24-12-21(10-22(34)13-24)27-16-35-17-30-25(27)14-29(38-30)33-26-15-28(36-18-31(26)39-40-33)20-6-5-7-23(11-20)37-32(43)19-42(3)4/h5-7,10-18,38H,8-9,19H2,1-4H3,(H,37,43)(H,39,40). The van der Waals surface area contributed by atoms with Crippen molar-refractivity contribution in [2.45, 2.75) is 0 Å². The molecule has 6 rings (SSSR count). The molecule has 0 aliphatic carbocycles. The topological polar surface area (TPSA) is 115 Å². The van der Waals surface area contributed by atoms with Gasteiger partial charge in [0.25, 0.3) is 0 Å². The van der Waals surface area contributed by atoms with E-state index in [1.165, 1.54) is 12.1 Å². The van der Waals surface area contributed by atoms with Gasteiger partial charge in [0, 0.05) is 46.4 Å². The molecule has 4 aromatic heterocycles. The molecule has 0 spiro atoms. The first-order valence-electron chi connectivity index (χ1n) is 14.2. The zero-order valence-corrected chi connectivity index (χ0v) is 25.0. The highest BCUT2D eigenvalue weighted by Gasteiger charge is 2.16. The van der Waals surface area contributed by atoms with Crippen molar-refractivity contribution in [3.63, 3.8) is 0 Å². The lowest BCUT2D eigenvalue weighted by Crippen LogP contribution is -2.27. The molecule has 0 radical (unpaired) electrons. The number of halogens is 1. The van der Waals surface area contributed by atoms with E-state index >= 15 is 0 Å². The fourth-order valence-corrected chi connectivity index (χ4v) is 5.08. The molecule has 44 heavy (non-hydrogen) atoms. The molecule has 0 fully saturated rings. The molecule has 0 bridgehead atoms. The van der Waals surface area contributed by atoms with Gasteiger partial charge in [-0.2, -0.15) is 5.10 Å². The largest absolute Gasteiger partial charge is 0.492 e. The number of pyridine rings is 2. The number of anilines is 1. The first-order chi connectivity index (χ1) is 21.2. The fraction of sp³-hybridized carbons (Fsp3) is 0.212. The number of benzene rings is 2. The Kier molecular flexibility index (Phi) is 8.05. The van der Waals surface area contributed by atoms with Crippen molar-refractivity contribution in [3.8, 4) is 39.5 Å². The highest BCUT2D eigenvalue weighted by atomic mass is 19.1. The zero-order chi connectivity index (χ0) is 30.8. The number of rotatable bonds is 10. The van der Waals surface area contributed by atoms with Crippen LogP contribution in [0.5, 0.6) is 5.75 Å². The summed E-state index contributed by atoms with van der Waals surface area (Å²) in [5.41, 5.74) is 6.81. The summed E-state index contributed by atoms with van der Waals surface area (Å²) < 4.78 is 20.5. The Labute approximate surface area is 253 Å². The van der Waals surface area contributed by atoms with Crippen LogP contribution in [-0.2, 0) is 4.79 Å². The number of aromatic amines is 2. The van der Waals surface area contributed by atoms with Crippen LogP contribution < -0.4 is 10.1 Å². The number of amides is 1. The van der Waals surface area contributed by atoms with Gasteiger partial charge in [-0.1, -0.05) is 12.1 Å². The summed E-state index contributed by atoms with van der Waals surface area (Å²) in [5.74, 6) is -0.00397. The maximum Gasteiger partial charge on any atom is 0.238 e. The maximum absolute atomic E-state index is 14.7. The summed E-state index contributed by atoms with van der Waals surface area (Å²) in [6, 6.07) is 16.3. The Morgan fingerprint density at radius 2 is 1.80 bits per heavy atom. The van der Waals surface area contributed by atoms with Crippen LogP contribution >= 0.6 is 0 Å². The van der Waals surface area contributed by atoms with Crippen LogP contribution in [0.2, 0.25) is 0 Å². The van der Waals surface area contributed by atoms with Gasteiger partial charge < -0.3 is 24.8 Å². The predicted octanol–water partition coefficient (Wildman–Crippen LogP) is 5.41. The van der Waals surface area contributed by atoms with Gasteiger partial charge >= 0.3 is 0 Å². The fourth-order valence-electron chi connectivity index (χ4n) is 5.08. The Balaban J connectivity index is 1.33. The van der Waals surface area contributed by atoms with Crippen LogP contribution in [-0.4, -0.2) is 88.7 Å². The number of hydrogen-bond donors (Lipinski definition) is 3. The van der Waals surface area contributed by atoms with Crippen molar-refractivity contribution in [3.05, 3.63) is 79.0 Å². The van der Waals surface area contributed by atoms with Crippen molar-refractivity contribution < 1.29 is 13.9 Å². The van der Waals surface area contributed by atoms with Crippen LogP contribution in [0.4, 0.5) is 10.1 Å². The monoisotopic (exact) mass is 592 g/mol. The summed E-state index contributed by atoms with van der Waals surface area (Å²) in [5, 5.41) is 12.4. The number of aromatic nitrogens is 5. The SMILES string of the molecule is CN(C)CCOc1cc(F)cc(-c2cncc3[nH]c(-c4n[nH]c5cnc(-c6cccc(NC(=O)CN(C)C)c6)cc45)cc23)c1. The molecule has 2 aromatic carbocycles. The van der Waals surface area contributed by atoms with Crippen LogP contribution in [0.15, 0.2) is 73.2 Å². The van der Waals surface area contributed by atoms with Gasteiger partial charge in [-0.05, 0) is 70.2 Å². The number of nitrogens with one attached hydrogen (secondary N) is 3. The maximum atomic E-state index is 14.7. The van der Waals surface area contributed by atoms with Crippen LogP contribution in [0.3, 0.4) is 0 Å². The van der Waals surface area contributed by atoms with Gasteiger partial charge in [0.05, 0.1) is 41.4 Å². The van der Waals surface area contributed by atoms with E-state index in [4.69, 9.17) is 4.74 Å². The highest BCUT2D eigenvalue weighted by molar-refractivity contribution is 6.01. The Bertz CT molecular complexity index is 1960. The Morgan fingerprint density at radius 3 is 2.61 bits per heavy atom. The third-order valence-corrected chi connectivity index (χ3v) is 7.14. The molecule has 11 heteroatoms. The second-order valence-electron chi connectivity index (χ2n) is 11.2. The van der Waals surface area contributed by atoms with E-state index in [1.807, 2.05) is 80.5 Å². The third-order valence-electron chi connectivity index (χ3n) is 7.14. The molecule has 0 aliphatic heterocycles. The molecule has 6 aromatic rings. The van der Waals surface area contributed by atoms with Gasteiger partial charge in [-0.3, -0.25) is 19.9 Å². The summed E-state index contributed by atoms with van der Waals surface area (Å²) in [7, 11) is 7.62. The molecule has 3 N–H and O–H groups in total. The summed E-state index contributed by atoms with van der Waals surface area (Å²) in [6.45, 7) is 1.46. The molecule has 0 saturated carbocycles. The molecule has 224 valence electrons. The zero-order valence-electron chi connectivity index (χ0n) is 25.0. The van der Waals surface area contributed by atoms with E-state index in [0.717, 1.165) is 50.9 Å². The number of carbonyl (C=O) groups excluding carboxylic acids is 1. The van der Waals surface area contributed by atoms with E-state index in [1.54, 1.807) is 18.6 Å². The second-order valence-corrected chi connectivity index (χ2v) is 11.2. The summed E-state index contributed by atoms with van der Waals surface area (Å²) in [6.07, 6.45) is 5.22. The van der Waals surface area contributed by atoms with Gasteiger partial charge in [0.1, 0.15) is 23.9 Å². The van der Waals surface area contributed by atoms with E-state index in [9.17, 15) is 9.18 Å². The van der Waals surface area contributed by atoms with Crippen LogP contribution in [0.1, 0.15) is 0 Å². The molecule has 4 heterocycles.